The Morgan fingerprint density at radius 1 is 1.30 bits per heavy atom. The third-order valence-corrected chi connectivity index (χ3v) is 3.89. The van der Waals surface area contributed by atoms with Crippen molar-refractivity contribution in [1.82, 2.24) is 4.53 Å². The van der Waals surface area contributed by atoms with Gasteiger partial charge in [0, 0.05) is 23.9 Å². The number of nitrogens with zero attached hydrogens (tertiary/aromatic N) is 2. The molecular weight excluding hydrogens is 274 g/mol. The fourth-order valence-electron chi connectivity index (χ4n) is 2.46. The number of nitrogens with two attached hydrogens (primary N) is 1. The van der Waals surface area contributed by atoms with E-state index in [1.807, 2.05) is 19.1 Å². The van der Waals surface area contributed by atoms with Crippen molar-refractivity contribution in [3.8, 4) is 0 Å². The largest absolute Gasteiger partial charge is 0.330 e. The number of hydrogen-bond donors (Lipinski definition) is 1. The summed E-state index contributed by atoms with van der Waals surface area (Å²) in [5, 5.41) is 3.85. The number of aryl methyl sites for hydroxylation is 1. The summed E-state index contributed by atoms with van der Waals surface area (Å²) in [4.78, 5) is 12.1. The fourth-order valence-corrected chi connectivity index (χ4v) is 2.61. The van der Waals surface area contributed by atoms with Gasteiger partial charge >= 0.3 is 0 Å². The zero-order chi connectivity index (χ0) is 14.5. The van der Waals surface area contributed by atoms with Crippen molar-refractivity contribution in [3.63, 3.8) is 0 Å². The Balaban J connectivity index is 2.09. The van der Waals surface area contributed by atoms with E-state index < -0.39 is 0 Å². The molecule has 2 rings (SSSR count). The molecule has 0 bridgehead atoms. The molecule has 20 heavy (non-hydrogen) atoms. The predicted octanol–water partition coefficient (Wildman–Crippen LogP) is 2.67. The number of unbranched alkanes of at least 4 members (excludes halogenated alkanes) is 1. The summed E-state index contributed by atoms with van der Waals surface area (Å²) in [7, 11) is 0. The van der Waals surface area contributed by atoms with Gasteiger partial charge in [-0.15, -0.1) is 4.53 Å². The van der Waals surface area contributed by atoms with Gasteiger partial charge in [-0.05, 0) is 36.9 Å². The Morgan fingerprint density at radius 2 is 2.00 bits per heavy atom. The molecule has 1 aromatic rings. The van der Waals surface area contributed by atoms with E-state index in [9.17, 15) is 4.79 Å². The highest BCUT2D eigenvalue weighted by molar-refractivity contribution is 6.22. The van der Waals surface area contributed by atoms with Crippen LogP contribution in [0.5, 0.6) is 0 Å². The Hall–Kier alpha value is -1.39. The van der Waals surface area contributed by atoms with E-state index in [4.69, 9.17) is 17.5 Å². The van der Waals surface area contributed by atoms with Crippen LogP contribution in [-0.4, -0.2) is 23.2 Å². The maximum atomic E-state index is 12.1. The summed E-state index contributed by atoms with van der Waals surface area (Å²) in [6.45, 7) is 2.71. The van der Waals surface area contributed by atoms with E-state index >= 15 is 0 Å². The van der Waals surface area contributed by atoms with E-state index in [1.54, 1.807) is 6.21 Å². The molecule has 2 unspecified atom stereocenters. The Labute approximate surface area is 124 Å². The first-order valence-electron chi connectivity index (χ1n) is 6.96. The van der Waals surface area contributed by atoms with Crippen molar-refractivity contribution in [3.05, 3.63) is 35.4 Å². The lowest BCUT2D eigenvalue weighted by molar-refractivity contribution is -0.129. The van der Waals surface area contributed by atoms with Gasteiger partial charge in [-0.2, -0.15) is 5.10 Å². The van der Waals surface area contributed by atoms with Crippen molar-refractivity contribution in [2.75, 3.05) is 6.54 Å². The number of hydrogen-bond acceptors (Lipinski definition) is 3. The molecule has 2 atom stereocenters. The van der Waals surface area contributed by atoms with Gasteiger partial charge in [0.15, 0.2) is 0 Å². The smallest absolute Gasteiger partial charge is 0.266 e. The Bertz CT molecular complexity index is 486. The first-order valence-corrected chi connectivity index (χ1v) is 7.30. The van der Waals surface area contributed by atoms with Crippen molar-refractivity contribution in [1.29, 1.82) is 0 Å². The van der Waals surface area contributed by atoms with Gasteiger partial charge in [0.25, 0.3) is 5.91 Å². The molecule has 0 aliphatic carbocycles. The summed E-state index contributed by atoms with van der Waals surface area (Å²) in [5.74, 6) is -0.360. The monoisotopic (exact) mass is 293 g/mol. The maximum Gasteiger partial charge on any atom is 0.266 e. The number of hydrazone groups is 1. The molecule has 2 N–H and O–H groups in total. The van der Waals surface area contributed by atoms with Gasteiger partial charge in [-0.1, -0.05) is 31.2 Å². The van der Waals surface area contributed by atoms with Gasteiger partial charge in [0.05, 0.1) is 5.92 Å². The standard InChI is InChI=1S/C15H20ClN3O/c1-11-10-18-19(16)15(20)14(11)13-7-5-12(6-8-13)4-2-3-9-17/h5-8,10-11,14H,2-4,9,17H2,1H3. The maximum absolute atomic E-state index is 12.1. The van der Waals surface area contributed by atoms with Crippen molar-refractivity contribution < 1.29 is 4.79 Å². The normalized spacial score (nSPS) is 22.4. The Kier molecular flexibility index (Phi) is 5.15. The highest BCUT2D eigenvalue weighted by Gasteiger charge is 2.32. The second-order valence-electron chi connectivity index (χ2n) is 5.19. The Morgan fingerprint density at radius 3 is 2.65 bits per heavy atom. The predicted molar refractivity (Wildman–Crippen MR) is 81.5 cm³/mol. The van der Waals surface area contributed by atoms with E-state index in [0.29, 0.717) is 0 Å². The average molecular weight is 294 g/mol. The molecule has 0 saturated heterocycles. The third kappa shape index (κ3) is 3.38. The lowest BCUT2D eigenvalue weighted by atomic mass is 9.86. The summed E-state index contributed by atoms with van der Waals surface area (Å²) >= 11 is 5.77. The molecule has 1 amide bonds. The number of rotatable bonds is 5. The zero-order valence-corrected chi connectivity index (χ0v) is 12.4. The third-order valence-electron chi connectivity index (χ3n) is 3.64. The van der Waals surface area contributed by atoms with Crippen molar-refractivity contribution >= 4 is 23.9 Å². The minimum Gasteiger partial charge on any atom is -0.330 e. The fraction of sp³-hybridized carbons (Fsp3) is 0.467. The van der Waals surface area contributed by atoms with Crippen LogP contribution in [0.3, 0.4) is 0 Å². The van der Waals surface area contributed by atoms with Crippen LogP contribution in [0.2, 0.25) is 0 Å². The molecular formula is C15H20ClN3O. The van der Waals surface area contributed by atoms with Crippen LogP contribution in [0.25, 0.3) is 0 Å². The zero-order valence-electron chi connectivity index (χ0n) is 11.6. The number of amides is 1. The minimum atomic E-state index is -0.247. The first kappa shape index (κ1) is 15.0. The summed E-state index contributed by atoms with van der Waals surface area (Å²) in [5.41, 5.74) is 7.75. The minimum absolute atomic E-state index is 0.0561. The van der Waals surface area contributed by atoms with Crippen LogP contribution in [0.15, 0.2) is 29.4 Å². The topological polar surface area (TPSA) is 58.7 Å². The molecule has 1 aliphatic rings. The van der Waals surface area contributed by atoms with Gasteiger partial charge in [-0.25, -0.2) is 0 Å². The van der Waals surface area contributed by atoms with Crippen molar-refractivity contribution in [2.24, 2.45) is 16.8 Å². The molecule has 4 nitrogen and oxygen atoms in total. The van der Waals surface area contributed by atoms with E-state index in [2.05, 4.69) is 17.2 Å². The molecule has 1 heterocycles. The lowest BCUT2D eigenvalue weighted by Gasteiger charge is -2.26. The van der Waals surface area contributed by atoms with E-state index in [-0.39, 0.29) is 17.7 Å². The van der Waals surface area contributed by atoms with Crippen LogP contribution in [0.1, 0.15) is 36.8 Å². The molecule has 0 aromatic heterocycles. The molecule has 108 valence electrons. The molecule has 0 radical (unpaired) electrons. The molecule has 0 saturated carbocycles. The number of benzene rings is 1. The molecule has 1 aromatic carbocycles. The van der Waals surface area contributed by atoms with Crippen molar-refractivity contribution in [2.45, 2.75) is 32.1 Å². The molecule has 1 aliphatic heterocycles. The molecule has 0 spiro atoms. The second kappa shape index (κ2) is 6.86. The van der Waals surface area contributed by atoms with Crippen LogP contribution >= 0.6 is 11.8 Å². The molecule has 0 fully saturated rings. The summed E-state index contributed by atoms with van der Waals surface area (Å²) in [6.07, 6.45) is 4.87. The highest BCUT2D eigenvalue weighted by atomic mass is 35.5. The summed E-state index contributed by atoms with van der Waals surface area (Å²) < 4.78 is 0.903. The van der Waals surface area contributed by atoms with Gasteiger partial charge in [0.1, 0.15) is 0 Å². The van der Waals surface area contributed by atoms with Crippen LogP contribution in [0, 0.1) is 5.92 Å². The van der Waals surface area contributed by atoms with Gasteiger partial charge in [0.2, 0.25) is 0 Å². The van der Waals surface area contributed by atoms with E-state index in [0.717, 1.165) is 35.9 Å². The lowest BCUT2D eigenvalue weighted by Crippen LogP contribution is -2.33. The second-order valence-corrected chi connectivity index (χ2v) is 5.51. The number of carbonyl (C=O) groups is 1. The first-order chi connectivity index (χ1) is 9.63. The van der Waals surface area contributed by atoms with Crippen LogP contribution in [-0.2, 0) is 11.2 Å². The quantitative estimate of drug-likeness (QED) is 0.670. The summed E-state index contributed by atoms with van der Waals surface area (Å²) in [6, 6.07) is 8.19. The number of halogens is 1. The molecule has 5 heteroatoms. The van der Waals surface area contributed by atoms with Gasteiger partial charge < -0.3 is 5.73 Å². The van der Waals surface area contributed by atoms with Gasteiger partial charge in [-0.3, -0.25) is 4.79 Å². The highest BCUT2D eigenvalue weighted by Crippen LogP contribution is 2.30. The van der Waals surface area contributed by atoms with Crippen LogP contribution in [0.4, 0.5) is 0 Å². The number of carbonyl (C=O) groups excluding carboxylic acids is 1. The SMILES string of the molecule is CC1C=NN(Cl)C(=O)C1c1ccc(CCCCN)cc1. The average Bonchev–Trinajstić information content (AvgIpc) is 2.45. The van der Waals surface area contributed by atoms with E-state index in [1.165, 1.54) is 5.56 Å². The van der Waals surface area contributed by atoms with Crippen LogP contribution < -0.4 is 5.73 Å².